The van der Waals surface area contributed by atoms with Gasteiger partial charge in [0.15, 0.2) is 0 Å². The second kappa shape index (κ2) is 5.61. The Morgan fingerprint density at radius 3 is 2.67 bits per heavy atom. The number of likely N-dealkylation sites (tertiary alicyclic amines) is 1. The lowest BCUT2D eigenvalue weighted by Crippen LogP contribution is -2.41. The standard InChI is InChI=1S/C14H16N2O2/c1-11-4-2-3-9-16(11)14(18)12-5-7-13(8-6-12)15-10-17/h5-8,11H,2-4,9H2,1H3. The van der Waals surface area contributed by atoms with Crippen LogP contribution in [0, 0.1) is 0 Å². The number of carbonyl (C=O) groups is 1. The van der Waals surface area contributed by atoms with Gasteiger partial charge in [0.1, 0.15) is 0 Å². The third kappa shape index (κ3) is 2.66. The Morgan fingerprint density at radius 2 is 2.06 bits per heavy atom. The number of amides is 1. The molecule has 1 aliphatic rings. The molecule has 1 aromatic carbocycles. The molecular formula is C14H16N2O2. The van der Waals surface area contributed by atoms with Gasteiger partial charge >= 0.3 is 0 Å². The zero-order valence-corrected chi connectivity index (χ0v) is 10.4. The van der Waals surface area contributed by atoms with Crippen molar-refractivity contribution >= 4 is 17.7 Å². The van der Waals surface area contributed by atoms with Gasteiger partial charge in [0.2, 0.25) is 6.08 Å². The quantitative estimate of drug-likeness (QED) is 0.593. The summed E-state index contributed by atoms with van der Waals surface area (Å²) in [5.41, 5.74) is 1.17. The lowest BCUT2D eigenvalue weighted by Gasteiger charge is -2.33. The predicted octanol–water partition coefficient (Wildman–Crippen LogP) is 2.67. The largest absolute Gasteiger partial charge is 0.336 e. The lowest BCUT2D eigenvalue weighted by molar-refractivity contribution is 0.0635. The molecule has 1 amide bonds. The van der Waals surface area contributed by atoms with E-state index in [0.717, 1.165) is 19.4 Å². The molecule has 1 saturated heterocycles. The van der Waals surface area contributed by atoms with Gasteiger partial charge in [-0.25, -0.2) is 4.79 Å². The maximum Gasteiger partial charge on any atom is 0.254 e. The number of hydrogen-bond acceptors (Lipinski definition) is 3. The van der Waals surface area contributed by atoms with Crippen LogP contribution in [0.1, 0.15) is 36.5 Å². The van der Waals surface area contributed by atoms with E-state index in [1.54, 1.807) is 24.3 Å². The summed E-state index contributed by atoms with van der Waals surface area (Å²) in [5.74, 6) is 0.0591. The summed E-state index contributed by atoms with van der Waals surface area (Å²) in [4.78, 5) is 27.8. The topological polar surface area (TPSA) is 49.7 Å². The molecule has 1 aromatic rings. The average molecular weight is 244 g/mol. The Labute approximate surface area is 106 Å². The second-order valence-corrected chi connectivity index (χ2v) is 4.59. The lowest BCUT2D eigenvalue weighted by atomic mass is 10.0. The number of hydrogen-bond donors (Lipinski definition) is 0. The SMILES string of the molecule is CC1CCCCN1C(=O)c1ccc(N=C=O)cc1. The van der Waals surface area contributed by atoms with Crippen molar-refractivity contribution in [3.05, 3.63) is 29.8 Å². The minimum absolute atomic E-state index is 0.0591. The van der Waals surface area contributed by atoms with Crippen LogP contribution in [-0.4, -0.2) is 29.5 Å². The van der Waals surface area contributed by atoms with Crippen molar-refractivity contribution in [1.82, 2.24) is 4.90 Å². The van der Waals surface area contributed by atoms with Crippen LogP contribution in [-0.2, 0) is 4.79 Å². The molecule has 1 heterocycles. The summed E-state index contributed by atoms with van der Waals surface area (Å²) < 4.78 is 0. The molecule has 0 saturated carbocycles. The first-order chi connectivity index (χ1) is 8.72. The van der Waals surface area contributed by atoms with E-state index in [-0.39, 0.29) is 5.91 Å². The Morgan fingerprint density at radius 1 is 1.33 bits per heavy atom. The first-order valence-electron chi connectivity index (χ1n) is 6.21. The van der Waals surface area contributed by atoms with Gasteiger partial charge in [0.05, 0.1) is 5.69 Å². The van der Waals surface area contributed by atoms with Crippen molar-refractivity contribution in [3.63, 3.8) is 0 Å². The molecule has 1 aliphatic heterocycles. The van der Waals surface area contributed by atoms with E-state index in [2.05, 4.69) is 11.9 Å². The molecule has 1 atom stereocenters. The molecule has 1 fully saturated rings. The van der Waals surface area contributed by atoms with Gasteiger partial charge in [-0.1, -0.05) is 0 Å². The summed E-state index contributed by atoms with van der Waals surface area (Å²) in [5, 5.41) is 0. The van der Waals surface area contributed by atoms with Crippen LogP contribution in [0.5, 0.6) is 0 Å². The van der Waals surface area contributed by atoms with Crippen LogP contribution < -0.4 is 0 Å². The van der Waals surface area contributed by atoms with Crippen LogP contribution in [0.4, 0.5) is 5.69 Å². The molecule has 18 heavy (non-hydrogen) atoms. The van der Waals surface area contributed by atoms with Crippen LogP contribution in [0.2, 0.25) is 0 Å². The van der Waals surface area contributed by atoms with E-state index in [0.29, 0.717) is 17.3 Å². The van der Waals surface area contributed by atoms with Gasteiger partial charge in [-0.2, -0.15) is 4.99 Å². The minimum Gasteiger partial charge on any atom is -0.336 e. The van der Waals surface area contributed by atoms with E-state index in [1.807, 2.05) is 4.90 Å². The fourth-order valence-electron chi connectivity index (χ4n) is 2.30. The average Bonchev–Trinajstić information content (AvgIpc) is 2.40. The number of aliphatic imine (C=N–C) groups is 1. The van der Waals surface area contributed by atoms with Crippen molar-refractivity contribution in [2.75, 3.05) is 6.54 Å². The Balaban J connectivity index is 2.15. The van der Waals surface area contributed by atoms with E-state index < -0.39 is 0 Å². The smallest absolute Gasteiger partial charge is 0.254 e. The maximum atomic E-state index is 12.3. The predicted molar refractivity (Wildman–Crippen MR) is 68.6 cm³/mol. The van der Waals surface area contributed by atoms with Crippen molar-refractivity contribution in [2.24, 2.45) is 4.99 Å². The van der Waals surface area contributed by atoms with Gasteiger partial charge in [-0.05, 0) is 50.5 Å². The highest BCUT2D eigenvalue weighted by molar-refractivity contribution is 5.94. The number of benzene rings is 1. The first kappa shape index (κ1) is 12.5. The van der Waals surface area contributed by atoms with Crippen molar-refractivity contribution in [1.29, 1.82) is 0 Å². The number of carbonyl (C=O) groups excluding carboxylic acids is 2. The monoisotopic (exact) mass is 244 g/mol. The first-order valence-corrected chi connectivity index (χ1v) is 6.21. The number of nitrogens with zero attached hydrogens (tertiary/aromatic N) is 2. The maximum absolute atomic E-state index is 12.3. The molecule has 0 spiro atoms. The molecule has 0 N–H and O–H groups in total. The number of isocyanates is 1. The van der Waals surface area contributed by atoms with Gasteiger partial charge < -0.3 is 4.90 Å². The summed E-state index contributed by atoms with van der Waals surface area (Å²) in [6.45, 7) is 2.91. The number of rotatable bonds is 2. The summed E-state index contributed by atoms with van der Waals surface area (Å²) in [7, 11) is 0. The third-order valence-electron chi connectivity index (χ3n) is 3.35. The number of piperidine rings is 1. The highest BCUT2D eigenvalue weighted by atomic mass is 16.2. The molecule has 0 aliphatic carbocycles. The van der Waals surface area contributed by atoms with E-state index in [1.165, 1.54) is 12.5 Å². The van der Waals surface area contributed by atoms with Gasteiger partial charge in [-0.15, -0.1) is 0 Å². The summed E-state index contributed by atoms with van der Waals surface area (Å²) in [6, 6.07) is 7.04. The van der Waals surface area contributed by atoms with E-state index >= 15 is 0 Å². The van der Waals surface area contributed by atoms with Gasteiger partial charge in [0, 0.05) is 18.2 Å². The Bertz CT molecular complexity index is 475. The van der Waals surface area contributed by atoms with Gasteiger partial charge in [-0.3, -0.25) is 4.79 Å². The van der Waals surface area contributed by atoms with Crippen LogP contribution in [0.15, 0.2) is 29.3 Å². The Kier molecular flexibility index (Phi) is 3.90. The highest BCUT2D eigenvalue weighted by Gasteiger charge is 2.23. The fraction of sp³-hybridized carbons (Fsp3) is 0.429. The van der Waals surface area contributed by atoms with Crippen molar-refractivity contribution < 1.29 is 9.59 Å². The Hall–Kier alpha value is -1.93. The van der Waals surface area contributed by atoms with Crippen molar-refractivity contribution in [2.45, 2.75) is 32.2 Å². The minimum atomic E-state index is 0.0591. The molecule has 0 bridgehead atoms. The van der Waals surface area contributed by atoms with Crippen LogP contribution in [0.25, 0.3) is 0 Å². The highest BCUT2D eigenvalue weighted by Crippen LogP contribution is 2.20. The van der Waals surface area contributed by atoms with E-state index in [9.17, 15) is 9.59 Å². The molecule has 0 radical (unpaired) electrons. The van der Waals surface area contributed by atoms with Gasteiger partial charge in [0.25, 0.3) is 5.91 Å². The van der Waals surface area contributed by atoms with E-state index in [4.69, 9.17) is 0 Å². The summed E-state index contributed by atoms with van der Waals surface area (Å²) in [6.07, 6.45) is 4.82. The molecule has 4 nitrogen and oxygen atoms in total. The normalized spacial score (nSPS) is 19.2. The zero-order chi connectivity index (χ0) is 13.0. The third-order valence-corrected chi connectivity index (χ3v) is 3.35. The zero-order valence-electron chi connectivity index (χ0n) is 10.4. The van der Waals surface area contributed by atoms with Crippen LogP contribution >= 0.6 is 0 Å². The van der Waals surface area contributed by atoms with Crippen molar-refractivity contribution in [3.8, 4) is 0 Å². The molecular weight excluding hydrogens is 228 g/mol. The second-order valence-electron chi connectivity index (χ2n) is 4.59. The molecule has 0 aromatic heterocycles. The summed E-state index contributed by atoms with van der Waals surface area (Å²) >= 11 is 0. The molecule has 1 unspecified atom stereocenters. The fourth-order valence-corrected chi connectivity index (χ4v) is 2.30. The molecule has 4 heteroatoms. The molecule has 2 rings (SSSR count). The molecule has 94 valence electrons. The van der Waals surface area contributed by atoms with Crippen LogP contribution in [0.3, 0.4) is 0 Å².